The molecule has 0 atom stereocenters. The Hall–Kier alpha value is -3.10. The molecule has 1 aromatic heterocycles. The molecule has 0 saturated carbocycles. The molecule has 2 heterocycles. The van der Waals surface area contributed by atoms with Crippen molar-refractivity contribution in [1.82, 2.24) is 15.0 Å². The van der Waals surface area contributed by atoms with E-state index >= 15 is 0 Å². The van der Waals surface area contributed by atoms with Gasteiger partial charge in [-0.3, -0.25) is 0 Å². The maximum atomic E-state index is 5.45. The van der Waals surface area contributed by atoms with Gasteiger partial charge in [0.05, 0.1) is 20.3 Å². The van der Waals surface area contributed by atoms with E-state index in [1.165, 1.54) is 5.56 Å². The van der Waals surface area contributed by atoms with E-state index in [9.17, 15) is 0 Å². The Labute approximate surface area is 182 Å². The average molecular weight is 429 g/mol. The van der Waals surface area contributed by atoms with Crippen LogP contribution >= 0.6 is 12.4 Å². The first kappa shape index (κ1) is 21.6. The first-order chi connectivity index (χ1) is 14.2. The molecule has 0 unspecified atom stereocenters. The van der Waals surface area contributed by atoms with Crippen LogP contribution in [-0.4, -0.2) is 48.4 Å². The molecule has 1 aliphatic heterocycles. The Balaban J connectivity index is 0.00000256. The van der Waals surface area contributed by atoms with E-state index in [2.05, 4.69) is 37.4 Å². The minimum absolute atomic E-state index is 0. The summed E-state index contributed by atoms with van der Waals surface area (Å²) in [5, 5.41) is 6.53. The van der Waals surface area contributed by atoms with E-state index < -0.39 is 0 Å². The van der Waals surface area contributed by atoms with E-state index in [-0.39, 0.29) is 12.4 Å². The summed E-state index contributed by atoms with van der Waals surface area (Å²) < 4.78 is 10.7. The zero-order valence-corrected chi connectivity index (χ0v) is 17.8. The SMILES string of the molecule is COc1ccc(Nc2nc(Nc3ccc(C)cc3)nc(N3CCOCC3)n2)cc1.Cl. The molecule has 1 fully saturated rings. The lowest BCUT2D eigenvalue weighted by molar-refractivity contribution is 0.122. The Kier molecular flexibility index (Phi) is 7.26. The van der Waals surface area contributed by atoms with Crippen molar-refractivity contribution >= 4 is 41.6 Å². The fourth-order valence-electron chi connectivity index (χ4n) is 2.95. The van der Waals surface area contributed by atoms with Crippen molar-refractivity contribution in [3.63, 3.8) is 0 Å². The summed E-state index contributed by atoms with van der Waals surface area (Å²) in [5.74, 6) is 2.37. The van der Waals surface area contributed by atoms with Crippen LogP contribution in [0.25, 0.3) is 0 Å². The highest BCUT2D eigenvalue weighted by Gasteiger charge is 2.17. The summed E-state index contributed by atoms with van der Waals surface area (Å²) in [6, 6.07) is 15.7. The molecule has 0 amide bonds. The topological polar surface area (TPSA) is 84.4 Å². The van der Waals surface area contributed by atoms with Crippen molar-refractivity contribution in [3.8, 4) is 5.75 Å². The molecule has 0 radical (unpaired) electrons. The number of benzene rings is 2. The lowest BCUT2D eigenvalue weighted by atomic mass is 10.2. The van der Waals surface area contributed by atoms with Crippen LogP contribution in [0.15, 0.2) is 48.5 Å². The van der Waals surface area contributed by atoms with Gasteiger partial charge in [-0.05, 0) is 43.3 Å². The van der Waals surface area contributed by atoms with Crippen LogP contribution in [0.4, 0.5) is 29.2 Å². The average Bonchev–Trinajstić information content (AvgIpc) is 2.76. The second kappa shape index (κ2) is 10.1. The van der Waals surface area contributed by atoms with E-state index in [1.54, 1.807) is 7.11 Å². The predicted molar refractivity (Wildman–Crippen MR) is 121 cm³/mol. The number of aromatic nitrogens is 3. The number of nitrogens with zero attached hydrogens (tertiary/aromatic N) is 4. The van der Waals surface area contributed by atoms with E-state index in [0.29, 0.717) is 31.1 Å². The van der Waals surface area contributed by atoms with Crippen LogP contribution in [0.5, 0.6) is 5.75 Å². The minimum atomic E-state index is 0. The number of aryl methyl sites for hydroxylation is 1. The Bertz CT molecular complexity index is 947. The Morgan fingerprint density at radius 1 is 0.833 bits per heavy atom. The number of hydrogen-bond acceptors (Lipinski definition) is 8. The number of methoxy groups -OCH3 is 1. The molecule has 1 saturated heterocycles. The van der Waals surface area contributed by atoms with Gasteiger partial charge in [0.25, 0.3) is 0 Å². The van der Waals surface area contributed by atoms with Crippen molar-refractivity contribution in [2.75, 3.05) is 48.9 Å². The van der Waals surface area contributed by atoms with Crippen molar-refractivity contribution in [1.29, 1.82) is 0 Å². The minimum Gasteiger partial charge on any atom is -0.497 e. The quantitative estimate of drug-likeness (QED) is 0.610. The monoisotopic (exact) mass is 428 g/mol. The van der Waals surface area contributed by atoms with Gasteiger partial charge in [0.15, 0.2) is 0 Å². The first-order valence-electron chi connectivity index (χ1n) is 9.53. The molecule has 2 aromatic carbocycles. The molecule has 8 nitrogen and oxygen atoms in total. The van der Waals surface area contributed by atoms with Gasteiger partial charge in [0, 0.05) is 24.5 Å². The third-order valence-electron chi connectivity index (χ3n) is 4.57. The second-order valence-electron chi connectivity index (χ2n) is 6.73. The van der Waals surface area contributed by atoms with Crippen molar-refractivity contribution in [2.24, 2.45) is 0 Å². The van der Waals surface area contributed by atoms with E-state index in [1.807, 2.05) is 48.5 Å². The standard InChI is InChI=1S/C21H24N6O2.ClH/c1-15-3-5-16(6-4-15)22-19-24-20(23-17-7-9-18(28-2)10-8-17)26-21(25-19)27-11-13-29-14-12-27;/h3-10H,11-14H2,1-2H3,(H2,22,23,24,25,26);1H. The summed E-state index contributed by atoms with van der Waals surface area (Å²) >= 11 is 0. The maximum Gasteiger partial charge on any atom is 0.233 e. The summed E-state index contributed by atoms with van der Waals surface area (Å²) in [5.41, 5.74) is 2.98. The summed E-state index contributed by atoms with van der Waals surface area (Å²) in [4.78, 5) is 15.9. The number of nitrogens with one attached hydrogen (secondary N) is 2. The van der Waals surface area contributed by atoms with E-state index in [4.69, 9.17) is 9.47 Å². The molecule has 1 aliphatic rings. The predicted octanol–water partition coefficient (Wildman–Crippen LogP) is 3.93. The van der Waals surface area contributed by atoms with Gasteiger partial charge >= 0.3 is 0 Å². The molecular formula is C21H25ClN6O2. The molecule has 4 rings (SSSR count). The summed E-state index contributed by atoms with van der Waals surface area (Å²) in [6.07, 6.45) is 0. The molecule has 3 aromatic rings. The fraction of sp³-hybridized carbons (Fsp3) is 0.286. The van der Waals surface area contributed by atoms with Gasteiger partial charge in [-0.15, -0.1) is 12.4 Å². The van der Waals surface area contributed by atoms with Crippen LogP contribution in [0.3, 0.4) is 0 Å². The highest BCUT2D eigenvalue weighted by Crippen LogP contribution is 2.22. The molecule has 30 heavy (non-hydrogen) atoms. The maximum absolute atomic E-state index is 5.45. The van der Waals surface area contributed by atoms with Gasteiger partial charge in [-0.25, -0.2) is 0 Å². The molecule has 158 valence electrons. The molecule has 0 spiro atoms. The van der Waals surface area contributed by atoms with Crippen molar-refractivity contribution in [2.45, 2.75) is 6.92 Å². The molecular weight excluding hydrogens is 404 g/mol. The number of anilines is 5. The van der Waals surface area contributed by atoms with Gasteiger partial charge in [0.1, 0.15) is 5.75 Å². The third-order valence-corrected chi connectivity index (χ3v) is 4.57. The Morgan fingerprint density at radius 3 is 1.90 bits per heavy atom. The first-order valence-corrected chi connectivity index (χ1v) is 9.53. The number of ether oxygens (including phenoxy) is 2. The van der Waals surface area contributed by atoms with Gasteiger partial charge in [0.2, 0.25) is 17.8 Å². The molecule has 9 heteroatoms. The second-order valence-corrected chi connectivity index (χ2v) is 6.73. The van der Waals surface area contributed by atoms with Crippen LogP contribution in [0.1, 0.15) is 5.56 Å². The van der Waals surface area contributed by atoms with Crippen molar-refractivity contribution < 1.29 is 9.47 Å². The van der Waals surface area contributed by atoms with Crippen molar-refractivity contribution in [3.05, 3.63) is 54.1 Å². The zero-order valence-electron chi connectivity index (χ0n) is 17.0. The van der Waals surface area contributed by atoms with Crippen LogP contribution in [0, 0.1) is 6.92 Å². The van der Waals surface area contributed by atoms with Gasteiger partial charge < -0.3 is 25.0 Å². The smallest absolute Gasteiger partial charge is 0.233 e. The largest absolute Gasteiger partial charge is 0.497 e. The molecule has 0 bridgehead atoms. The lowest BCUT2D eigenvalue weighted by Gasteiger charge is -2.27. The number of halogens is 1. The molecule has 2 N–H and O–H groups in total. The zero-order chi connectivity index (χ0) is 20.1. The van der Waals surface area contributed by atoms with E-state index in [0.717, 1.165) is 30.2 Å². The van der Waals surface area contributed by atoms with Crippen LogP contribution < -0.4 is 20.3 Å². The summed E-state index contributed by atoms with van der Waals surface area (Å²) in [6.45, 7) is 4.87. The van der Waals surface area contributed by atoms with Gasteiger partial charge in [-0.1, -0.05) is 17.7 Å². The number of rotatable bonds is 6. The Morgan fingerprint density at radius 2 is 1.37 bits per heavy atom. The van der Waals surface area contributed by atoms with Crippen LogP contribution in [-0.2, 0) is 4.74 Å². The van der Waals surface area contributed by atoms with Gasteiger partial charge in [-0.2, -0.15) is 15.0 Å². The fourth-order valence-corrected chi connectivity index (χ4v) is 2.95. The number of morpholine rings is 1. The number of hydrogen-bond donors (Lipinski definition) is 2. The van der Waals surface area contributed by atoms with Crippen LogP contribution in [0.2, 0.25) is 0 Å². The lowest BCUT2D eigenvalue weighted by Crippen LogP contribution is -2.37. The normalized spacial score (nSPS) is 13.3. The highest BCUT2D eigenvalue weighted by molar-refractivity contribution is 5.85. The third kappa shape index (κ3) is 5.49. The molecule has 0 aliphatic carbocycles. The highest BCUT2D eigenvalue weighted by atomic mass is 35.5. The summed E-state index contributed by atoms with van der Waals surface area (Å²) in [7, 11) is 1.64.